The zero-order valence-electron chi connectivity index (χ0n) is 13.8. The Hall–Kier alpha value is -2.77. The third-order valence-corrected chi connectivity index (χ3v) is 4.69. The van der Waals surface area contributed by atoms with Crippen molar-refractivity contribution >= 4 is 17.4 Å². The number of amides is 1. The summed E-state index contributed by atoms with van der Waals surface area (Å²) in [5, 5.41) is 5.15. The highest BCUT2D eigenvalue weighted by atomic mass is 19.4. The minimum atomic E-state index is -4.45. The smallest absolute Gasteiger partial charge is 0.364 e. The second kappa shape index (κ2) is 6.19. The van der Waals surface area contributed by atoms with E-state index in [1.165, 1.54) is 11.6 Å². The molecule has 1 fully saturated rings. The van der Waals surface area contributed by atoms with Crippen LogP contribution in [0.15, 0.2) is 42.5 Å². The van der Waals surface area contributed by atoms with Crippen LogP contribution in [0.2, 0.25) is 0 Å². The van der Waals surface area contributed by atoms with Crippen LogP contribution >= 0.6 is 0 Å². The minimum Gasteiger partial charge on any atom is -0.364 e. The van der Waals surface area contributed by atoms with Gasteiger partial charge in [0, 0.05) is 12.6 Å². The Balaban J connectivity index is 1.57. The van der Waals surface area contributed by atoms with E-state index in [1.54, 1.807) is 6.07 Å². The maximum absolute atomic E-state index is 12.3. The van der Waals surface area contributed by atoms with Crippen LogP contribution in [-0.4, -0.2) is 36.2 Å². The van der Waals surface area contributed by atoms with E-state index in [1.807, 2.05) is 23.5 Å². The highest BCUT2D eigenvalue weighted by Gasteiger charge is 2.39. The van der Waals surface area contributed by atoms with Crippen LogP contribution in [-0.2, 0) is 0 Å². The lowest BCUT2D eigenvalue weighted by molar-refractivity contribution is -0.123. The summed E-state index contributed by atoms with van der Waals surface area (Å²) in [6.07, 6.45) is -3.55. The standard InChI is InChI=1S/C18H17F3N4O/c19-18(20,21)10-22-17(26)13-6-7-14-16(24-13)23-12-8-15(25(14)9-12)11-4-2-1-3-5-11/h1-7,12,15H,8-10H2,(H,22,26)(H,23,24)/t12-,15?/m0/s1. The van der Waals surface area contributed by atoms with Crippen molar-refractivity contribution in [2.24, 2.45) is 0 Å². The van der Waals surface area contributed by atoms with Crippen LogP contribution in [0.3, 0.4) is 0 Å². The molecule has 8 heteroatoms. The zero-order valence-corrected chi connectivity index (χ0v) is 13.8. The van der Waals surface area contributed by atoms with E-state index in [9.17, 15) is 18.0 Å². The lowest BCUT2D eigenvalue weighted by atomic mass is 10.0. The monoisotopic (exact) mass is 362 g/mol. The SMILES string of the molecule is O=C(NCC(F)(F)F)c1ccc2c(n1)N[C@H]1CC(c3ccccc3)N2C1. The van der Waals surface area contributed by atoms with Gasteiger partial charge in [-0.1, -0.05) is 30.3 Å². The van der Waals surface area contributed by atoms with E-state index in [-0.39, 0.29) is 17.8 Å². The van der Waals surface area contributed by atoms with Gasteiger partial charge in [0.2, 0.25) is 0 Å². The number of fused-ring (bicyclic) bond motifs is 4. The van der Waals surface area contributed by atoms with Crippen molar-refractivity contribution in [1.82, 2.24) is 10.3 Å². The first-order chi connectivity index (χ1) is 12.4. The average molecular weight is 362 g/mol. The summed E-state index contributed by atoms with van der Waals surface area (Å²) in [5.41, 5.74) is 2.04. The molecule has 2 aliphatic rings. The van der Waals surface area contributed by atoms with Crippen molar-refractivity contribution in [3.63, 3.8) is 0 Å². The van der Waals surface area contributed by atoms with E-state index in [4.69, 9.17) is 0 Å². The van der Waals surface area contributed by atoms with Gasteiger partial charge in [0.25, 0.3) is 5.91 Å². The molecule has 2 atom stereocenters. The third kappa shape index (κ3) is 3.18. The summed E-state index contributed by atoms with van der Waals surface area (Å²) in [5.74, 6) is -0.293. The van der Waals surface area contributed by atoms with Crippen molar-refractivity contribution in [3.8, 4) is 0 Å². The van der Waals surface area contributed by atoms with Crippen LogP contribution in [0.1, 0.15) is 28.5 Å². The number of nitrogens with zero attached hydrogens (tertiary/aromatic N) is 2. The number of carbonyl (C=O) groups excluding carboxylic acids is 1. The van der Waals surface area contributed by atoms with Gasteiger partial charge in [0.15, 0.2) is 5.82 Å². The van der Waals surface area contributed by atoms with Crippen LogP contribution in [0, 0.1) is 0 Å². The quantitative estimate of drug-likeness (QED) is 0.881. The number of aromatic nitrogens is 1. The molecular weight excluding hydrogens is 345 g/mol. The molecule has 2 aromatic rings. The van der Waals surface area contributed by atoms with Crippen molar-refractivity contribution in [2.45, 2.75) is 24.7 Å². The number of hydrogen-bond acceptors (Lipinski definition) is 4. The van der Waals surface area contributed by atoms with E-state index in [0.29, 0.717) is 5.82 Å². The van der Waals surface area contributed by atoms with Gasteiger partial charge in [0.1, 0.15) is 12.2 Å². The molecule has 2 N–H and O–H groups in total. The highest BCUT2D eigenvalue weighted by Crippen LogP contribution is 2.43. The minimum absolute atomic E-state index is 0.0285. The molecule has 2 bridgehead atoms. The fourth-order valence-corrected chi connectivity index (χ4v) is 3.58. The highest BCUT2D eigenvalue weighted by molar-refractivity contribution is 5.93. The topological polar surface area (TPSA) is 57.3 Å². The van der Waals surface area contributed by atoms with Gasteiger partial charge < -0.3 is 15.5 Å². The molecule has 4 rings (SSSR count). The summed E-state index contributed by atoms with van der Waals surface area (Å²) >= 11 is 0. The number of rotatable bonds is 3. The lowest BCUT2D eigenvalue weighted by Crippen LogP contribution is -2.36. The van der Waals surface area contributed by atoms with Gasteiger partial charge >= 0.3 is 6.18 Å². The van der Waals surface area contributed by atoms with Crippen molar-refractivity contribution in [3.05, 3.63) is 53.7 Å². The van der Waals surface area contributed by atoms with Gasteiger partial charge in [-0.15, -0.1) is 0 Å². The Bertz CT molecular complexity index is 825. The molecule has 5 nitrogen and oxygen atoms in total. The van der Waals surface area contributed by atoms with E-state index >= 15 is 0 Å². The fourth-order valence-electron chi connectivity index (χ4n) is 3.58. The number of hydrogen-bond donors (Lipinski definition) is 2. The molecule has 1 aromatic heterocycles. The van der Waals surface area contributed by atoms with E-state index < -0.39 is 18.6 Å². The van der Waals surface area contributed by atoms with Crippen molar-refractivity contribution in [2.75, 3.05) is 23.3 Å². The number of nitrogens with one attached hydrogen (secondary N) is 2. The van der Waals surface area contributed by atoms with Gasteiger partial charge in [-0.2, -0.15) is 13.2 Å². The summed E-state index contributed by atoms with van der Waals surface area (Å²) < 4.78 is 36.8. The lowest BCUT2D eigenvalue weighted by Gasteiger charge is -2.31. The molecule has 1 amide bonds. The first kappa shape index (κ1) is 16.7. The molecule has 26 heavy (non-hydrogen) atoms. The second-order valence-corrected chi connectivity index (χ2v) is 6.52. The number of benzene rings is 1. The maximum atomic E-state index is 12.3. The predicted octanol–water partition coefficient (Wildman–Crippen LogP) is 3.12. The Labute approximate surface area is 148 Å². The number of pyridine rings is 1. The Morgan fingerprint density at radius 2 is 2.00 bits per heavy atom. The van der Waals surface area contributed by atoms with Gasteiger partial charge in [-0.3, -0.25) is 4.79 Å². The summed E-state index contributed by atoms with van der Waals surface area (Å²) in [6.45, 7) is -0.545. The Morgan fingerprint density at radius 1 is 1.23 bits per heavy atom. The molecular formula is C18H17F3N4O. The number of alkyl halides is 3. The number of carbonyl (C=O) groups is 1. The normalized spacial score (nSPS) is 21.1. The van der Waals surface area contributed by atoms with Gasteiger partial charge in [-0.05, 0) is 24.1 Å². The number of halogens is 3. The zero-order chi connectivity index (χ0) is 18.3. The molecule has 136 valence electrons. The van der Waals surface area contributed by atoms with Crippen LogP contribution in [0.5, 0.6) is 0 Å². The molecule has 0 aliphatic carbocycles. The molecule has 1 saturated heterocycles. The van der Waals surface area contributed by atoms with Gasteiger partial charge in [-0.25, -0.2) is 4.98 Å². The van der Waals surface area contributed by atoms with E-state index in [2.05, 4.69) is 27.3 Å². The molecule has 2 aliphatic heterocycles. The fraction of sp³-hybridized carbons (Fsp3) is 0.333. The van der Waals surface area contributed by atoms with Crippen LogP contribution < -0.4 is 15.5 Å². The van der Waals surface area contributed by atoms with Crippen molar-refractivity contribution in [1.29, 1.82) is 0 Å². The summed E-state index contributed by atoms with van der Waals surface area (Å²) in [7, 11) is 0. The molecule has 0 saturated carbocycles. The largest absolute Gasteiger partial charge is 0.405 e. The van der Waals surface area contributed by atoms with Gasteiger partial charge in [0.05, 0.1) is 11.7 Å². The molecule has 0 spiro atoms. The summed E-state index contributed by atoms with van der Waals surface area (Å²) in [6, 6.07) is 13.7. The first-order valence-electron chi connectivity index (χ1n) is 8.35. The first-order valence-corrected chi connectivity index (χ1v) is 8.35. The van der Waals surface area contributed by atoms with Crippen molar-refractivity contribution < 1.29 is 18.0 Å². The molecule has 0 radical (unpaired) electrons. The van der Waals surface area contributed by atoms with Crippen LogP contribution in [0.4, 0.5) is 24.7 Å². The second-order valence-electron chi connectivity index (χ2n) is 6.52. The predicted molar refractivity (Wildman–Crippen MR) is 91.2 cm³/mol. The van der Waals surface area contributed by atoms with Crippen LogP contribution in [0.25, 0.3) is 0 Å². The van der Waals surface area contributed by atoms with E-state index in [0.717, 1.165) is 18.7 Å². The molecule has 1 aromatic carbocycles. The number of anilines is 2. The Kier molecular flexibility index (Phi) is 3.97. The summed E-state index contributed by atoms with van der Waals surface area (Å²) in [4.78, 5) is 18.4. The average Bonchev–Trinajstić information content (AvgIpc) is 2.97. The molecule has 3 heterocycles. The Morgan fingerprint density at radius 3 is 2.73 bits per heavy atom. The third-order valence-electron chi connectivity index (χ3n) is 4.69. The maximum Gasteiger partial charge on any atom is 0.405 e. The molecule has 1 unspecified atom stereocenters.